The van der Waals surface area contributed by atoms with Crippen molar-refractivity contribution >= 4 is 22.4 Å². The monoisotopic (exact) mass is 373 g/mol. The molecule has 1 saturated heterocycles. The highest BCUT2D eigenvalue weighted by Crippen LogP contribution is 2.64. The Morgan fingerprint density at radius 2 is 1.92 bits per heavy atom. The number of aromatic nitrogens is 1. The summed E-state index contributed by atoms with van der Waals surface area (Å²) in [5.41, 5.74) is 1.09. The Balaban J connectivity index is 1.46. The highest BCUT2D eigenvalue weighted by atomic mass is 32.1. The van der Waals surface area contributed by atoms with Gasteiger partial charge in [0, 0.05) is 18.5 Å². The zero-order valence-electron chi connectivity index (χ0n) is 15.2. The van der Waals surface area contributed by atoms with E-state index < -0.39 is 5.41 Å². The Hall–Kier alpha value is -1.95. The molecule has 1 atom stereocenters. The van der Waals surface area contributed by atoms with Gasteiger partial charge in [-0.15, -0.1) is 11.3 Å². The van der Waals surface area contributed by atoms with Crippen LogP contribution in [0.1, 0.15) is 44.4 Å². The molecule has 1 aliphatic heterocycles. The van der Waals surface area contributed by atoms with Crippen LogP contribution < -0.4 is 10.2 Å². The number of nitrogens with zero attached hydrogens (tertiary/aromatic N) is 2. The van der Waals surface area contributed by atoms with Crippen LogP contribution in [0.5, 0.6) is 0 Å². The number of carbonyl (C=O) groups is 1. The van der Waals surface area contributed by atoms with Gasteiger partial charge >= 0.3 is 0 Å². The van der Waals surface area contributed by atoms with Gasteiger partial charge in [0.25, 0.3) is 0 Å². The van der Waals surface area contributed by atoms with Crippen molar-refractivity contribution < 1.29 is 9.18 Å². The quantitative estimate of drug-likeness (QED) is 0.865. The molecule has 1 aromatic carbocycles. The normalized spacial score (nSPS) is 23.9. The molecule has 0 radical (unpaired) electrons. The summed E-state index contributed by atoms with van der Waals surface area (Å²) >= 11 is 1.64. The van der Waals surface area contributed by atoms with E-state index in [-0.39, 0.29) is 17.1 Å². The Bertz CT molecular complexity index is 811. The first-order valence-electron chi connectivity index (χ1n) is 9.16. The summed E-state index contributed by atoms with van der Waals surface area (Å²) in [6, 6.07) is 6.33. The number of benzene rings is 1. The van der Waals surface area contributed by atoms with E-state index in [1.807, 2.05) is 5.38 Å². The van der Waals surface area contributed by atoms with Crippen molar-refractivity contribution in [2.75, 3.05) is 18.0 Å². The van der Waals surface area contributed by atoms with Crippen LogP contribution in [0.3, 0.4) is 0 Å². The Morgan fingerprint density at radius 1 is 1.27 bits per heavy atom. The fourth-order valence-corrected chi connectivity index (χ4v) is 5.00. The average molecular weight is 373 g/mol. The van der Waals surface area contributed by atoms with E-state index >= 15 is 0 Å². The molecule has 138 valence electrons. The van der Waals surface area contributed by atoms with Crippen LogP contribution in [0, 0.1) is 11.2 Å². The minimum Gasteiger partial charge on any atom is -0.350 e. The summed E-state index contributed by atoms with van der Waals surface area (Å²) in [4.78, 5) is 20.0. The SMILES string of the molecule is CC1(C)C[C@]1(C(=O)NCc1csc(N2CCCC2)n1)c1ccc(F)cc1. The number of anilines is 1. The van der Waals surface area contributed by atoms with Gasteiger partial charge in [0.2, 0.25) is 5.91 Å². The zero-order chi connectivity index (χ0) is 18.4. The predicted octanol–water partition coefficient (Wildman–Crippen LogP) is 3.87. The van der Waals surface area contributed by atoms with Crippen molar-refractivity contribution in [2.45, 2.75) is 45.1 Å². The summed E-state index contributed by atoms with van der Waals surface area (Å²) < 4.78 is 13.3. The Kier molecular flexibility index (Phi) is 4.26. The van der Waals surface area contributed by atoms with Gasteiger partial charge in [-0.3, -0.25) is 4.79 Å². The first kappa shape index (κ1) is 17.5. The molecular weight excluding hydrogens is 349 g/mol. The molecule has 2 fully saturated rings. The van der Waals surface area contributed by atoms with E-state index in [4.69, 9.17) is 0 Å². The van der Waals surface area contributed by atoms with Crippen molar-refractivity contribution in [2.24, 2.45) is 5.41 Å². The van der Waals surface area contributed by atoms with E-state index in [1.54, 1.807) is 23.5 Å². The Morgan fingerprint density at radius 3 is 2.54 bits per heavy atom. The van der Waals surface area contributed by atoms with Gasteiger partial charge in [-0.1, -0.05) is 26.0 Å². The lowest BCUT2D eigenvalue weighted by Gasteiger charge is -2.20. The largest absolute Gasteiger partial charge is 0.350 e. The molecule has 1 N–H and O–H groups in total. The van der Waals surface area contributed by atoms with Crippen molar-refractivity contribution in [1.82, 2.24) is 10.3 Å². The number of thiazole rings is 1. The van der Waals surface area contributed by atoms with Gasteiger partial charge in [-0.05, 0) is 42.4 Å². The molecule has 1 saturated carbocycles. The van der Waals surface area contributed by atoms with Crippen molar-refractivity contribution in [3.8, 4) is 0 Å². The second kappa shape index (κ2) is 6.34. The molecule has 1 aliphatic carbocycles. The maximum Gasteiger partial charge on any atom is 0.231 e. The number of halogens is 1. The fraction of sp³-hybridized carbons (Fsp3) is 0.500. The number of hydrogen-bond donors (Lipinski definition) is 1. The maximum absolute atomic E-state index is 13.3. The highest BCUT2D eigenvalue weighted by Gasteiger charge is 2.66. The molecule has 2 aromatic rings. The summed E-state index contributed by atoms with van der Waals surface area (Å²) in [6.07, 6.45) is 3.22. The number of rotatable bonds is 5. The molecular formula is C20H24FN3OS. The predicted molar refractivity (Wildman–Crippen MR) is 102 cm³/mol. The topological polar surface area (TPSA) is 45.2 Å². The third kappa shape index (κ3) is 2.90. The van der Waals surface area contributed by atoms with Gasteiger partial charge < -0.3 is 10.2 Å². The van der Waals surface area contributed by atoms with Crippen LogP contribution in [-0.4, -0.2) is 24.0 Å². The smallest absolute Gasteiger partial charge is 0.231 e. The van der Waals surface area contributed by atoms with Gasteiger partial charge in [0.15, 0.2) is 5.13 Å². The highest BCUT2D eigenvalue weighted by molar-refractivity contribution is 7.13. The number of amides is 1. The average Bonchev–Trinajstić information content (AvgIpc) is 3.06. The minimum atomic E-state index is -0.575. The molecule has 6 heteroatoms. The maximum atomic E-state index is 13.3. The van der Waals surface area contributed by atoms with Gasteiger partial charge in [-0.25, -0.2) is 9.37 Å². The third-order valence-corrected chi connectivity index (χ3v) is 6.76. The summed E-state index contributed by atoms with van der Waals surface area (Å²) in [5, 5.41) is 6.14. The standard InChI is InChI=1S/C20H24FN3OS/c1-19(2)13-20(19,14-5-7-15(21)8-6-14)17(25)22-11-16-12-26-18(23-16)24-9-3-4-10-24/h5-8,12H,3-4,9-11,13H2,1-2H3,(H,22,25)/t20-/m1/s1. The minimum absolute atomic E-state index is 0.00447. The van der Waals surface area contributed by atoms with E-state index in [0.717, 1.165) is 35.9 Å². The van der Waals surface area contributed by atoms with Crippen LogP contribution in [0.4, 0.5) is 9.52 Å². The molecule has 0 spiro atoms. The molecule has 4 nitrogen and oxygen atoms in total. The fourth-order valence-electron chi connectivity index (χ4n) is 4.12. The van der Waals surface area contributed by atoms with Gasteiger partial charge in [0.1, 0.15) is 5.82 Å². The van der Waals surface area contributed by atoms with E-state index in [1.165, 1.54) is 25.0 Å². The molecule has 1 aromatic heterocycles. The molecule has 0 bridgehead atoms. The summed E-state index contributed by atoms with van der Waals surface area (Å²) in [5.74, 6) is -0.274. The van der Waals surface area contributed by atoms with Crippen LogP contribution in [0.15, 0.2) is 29.6 Å². The molecule has 1 amide bonds. The lowest BCUT2D eigenvalue weighted by atomic mass is 9.87. The molecule has 26 heavy (non-hydrogen) atoms. The van der Waals surface area contributed by atoms with E-state index in [2.05, 4.69) is 29.0 Å². The van der Waals surface area contributed by atoms with Crippen molar-refractivity contribution in [1.29, 1.82) is 0 Å². The number of hydrogen-bond acceptors (Lipinski definition) is 4. The number of nitrogens with one attached hydrogen (secondary N) is 1. The second-order valence-electron chi connectivity index (χ2n) is 7.97. The first-order valence-corrected chi connectivity index (χ1v) is 10.0. The zero-order valence-corrected chi connectivity index (χ0v) is 16.0. The third-order valence-electron chi connectivity index (χ3n) is 5.81. The molecule has 4 rings (SSSR count). The van der Waals surface area contributed by atoms with E-state index in [0.29, 0.717) is 6.54 Å². The van der Waals surface area contributed by atoms with Crippen LogP contribution >= 0.6 is 11.3 Å². The van der Waals surface area contributed by atoms with Gasteiger partial charge in [-0.2, -0.15) is 0 Å². The summed E-state index contributed by atoms with van der Waals surface area (Å²) in [6.45, 7) is 6.75. The molecule has 2 heterocycles. The molecule has 2 aliphatic rings. The van der Waals surface area contributed by atoms with Gasteiger partial charge in [0.05, 0.1) is 17.7 Å². The van der Waals surface area contributed by atoms with Crippen LogP contribution in [0.25, 0.3) is 0 Å². The molecule has 0 unspecified atom stereocenters. The lowest BCUT2D eigenvalue weighted by molar-refractivity contribution is -0.124. The van der Waals surface area contributed by atoms with Crippen LogP contribution in [-0.2, 0) is 16.8 Å². The lowest BCUT2D eigenvalue weighted by Crippen LogP contribution is -2.37. The van der Waals surface area contributed by atoms with Crippen LogP contribution in [0.2, 0.25) is 0 Å². The van der Waals surface area contributed by atoms with Crippen molar-refractivity contribution in [3.63, 3.8) is 0 Å². The first-order chi connectivity index (χ1) is 12.4. The second-order valence-corrected chi connectivity index (χ2v) is 8.81. The van der Waals surface area contributed by atoms with Crippen molar-refractivity contribution in [3.05, 3.63) is 46.7 Å². The number of carbonyl (C=O) groups excluding carboxylic acids is 1. The summed E-state index contributed by atoms with van der Waals surface area (Å²) in [7, 11) is 0. The Labute approximate surface area is 157 Å². The van der Waals surface area contributed by atoms with E-state index in [9.17, 15) is 9.18 Å².